The van der Waals surface area contributed by atoms with Crippen molar-refractivity contribution < 1.29 is 14.4 Å². The van der Waals surface area contributed by atoms with Crippen molar-refractivity contribution in [2.24, 2.45) is 5.92 Å². The highest BCUT2D eigenvalue weighted by molar-refractivity contribution is 7.57. The Kier molecular flexibility index (Phi) is 9.85. The number of carbonyl (C=O) groups is 3. The van der Waals surface area contributed by atoms with Gasteiger partial charge in [0.15, 0.2) is 0 Å². The number of unbranched alkanes of at least 4 members (excludes halogenated alkanes) is 1. The molecular weight excluding hydrogens is 543 g/mol. The monoisotopic (exact) mass is 585 g/mol. The Bertz CT molecular complexity index is 1160. The first-order valence-corrected chi connectivity index (χ1v) is 15.8. The number of carbonyl (C=O) groups excluding carboxylic acids is 3. The number of likely N-dealkylation sites (tertiary alicyclic amines) is 1. The van der Waals surface area contributed by atoms with Gasteiger partial charge in [0.25, 0.3) is 0 Å². The maximum atomic E-state index is 14.0. The Hall–Kier alpha value is -1.86. The van der Waals surface area contributed by atoms with Crippen LogP contribution in [0.25, 0.3) is 11.1 Å². The summed E-state index contributed by atoms with van der Waals surface area (Å²) in [6.07, 6.45) is 4.44. The molecule has 1 fully saturated rings. The van der Waals surface area contributed by atoms with Crippen LogP contribution in [0, 0.1) is 5.92 Å². The zero-order chi connectivity index (χ0) is 28.2. The summed E-state index contributed by atoms with van der Waals surface area (Å²) in [5, 5.41) is 6.19. The number of hydrogen-bond acceptors (Lipinski definition) is 3. The average Bonchev–Trinajstić information content (AvgIpc) is 3.41. The Balaban J connectivity index is 1.47. The molecule has 0 spiro atoms. The topological polar surface area (TPSA) is 78.5 Å². The minimum atomic E-state index is -0.778. The predicted molar refractivity (Wildman–Crippen MR) is 169 cm³/mol. The Morgan fingerprint density at radius 3 is 2.15 bits per heavy atom. The fraction of sp³-hybridized carbons (Fsp3) is 0.500. The summed E-state index contributed by atoms with van der Waals surface area (Å²) in [7, 11) is 8.21. The fourth-order valence-corrected chi connectivity index (χ4v) is 6.38. The standard InChI is InChI=1S/C30H42N3O3P3/c1-3-20(4-2)26(34)32-25-15-18-33(27(25)35)17-10-9-16-29(28(36)31-19-30(37,38)39)23-13-7-5-11-21(23)22-12-6-8-14-24(22)29/h5-8,11-14,20,25H,3-4,9-10,15-19,37-39H2,1-2H3,(H,31,36)(H,32,34)/t25-/m0/s1. The summed E-state index contributed by atoms with van der Waals surface area (Å²) in [4.78, 5) is 41.4. The van der Waals surface area contributed by atoms with Crippen molar-refractivity contribution in [1.82, 2.24) is 15.5 Å². The molecule has 39 heavy (non-hydrogen) atoms. The molecular formula is C30H42N3O3P3. The highest BCUT2D eigenvalue weighted by atomic mass is 31.1. The van der Waals surface area contributed by atoms with E-state index in [0.29, 0.717) is 32.5 Å². The largest absolute Gasteiger partial charge is 0.353 e. The lowest BCUT2D eigenvalue weighted by Crippen LogP contribution is -2.46. The van der Waals surface area contributed by atoms with Crippen molar-refractivity contribution in [3.8, 4) is 11.1 Å². The Morgan fingerprint density at radius 2 is 1.59 bits per heavy atom. The maximum Gasteiger partial charge on any atom is 0.245 e. The first kappa shape index (κ1) is 30.1. The normalized spacial score (nSPS) is 17.7. The van der Waals surface area contributed by atoms with Gasteiger partial charge in [-0.15, -0.1) is 27.7 Å². The molecule has 3 amide bonds. The van der Waals surface area contributed by atoms with Gasteiger partial charge in [0.2, 0.25) is 17.7 Å². The molecule has 1 heterocycles. The molecule has 1 saturated heterocycles. The van der Waals surface area contributed by atoms with Crippen LogP contribution in [0.1, 0.15) is 63.5 Å². The van der Waals surface area contributed by atoms with Crippen molar-refractivity contribution >= 4 is 45.4 Å². The lowest BCUT2D eigenvalue weighted by Gasteiger charge is -2.32. The van der Waals surface area contributed by atoms with Gasteiger partial charge >= 0.3 is 0 Å². The van der Waals surface area contributed by atoms with E-state index in [0.717, 1.165) is 47.9 Å². The molecule has 6 nitrogen and oxygen atoms in total. The van der Waals surface area contributed by atoms with E-state index in [1.165, 1.54) is 0 Å². The predicted octanol–water partition coefficient (Wildman–Crippen LogP) is 4.67. The van der Waals surface area contributed by atoms with Crippen LogP contribution >= 0.6 is 27.7 Å². The van der Waals surface area contributed by atoms with Gasteiger partial charge in [-0.05, 0) is 60.8 Å². The number of fused-ring (bicyclic) bond motifs is 3. The molecule has 0 bridgehead atoms. The number of hydrogen-bond donors (Lipinski definition) is 2. The minimum Gasteiger partial charge on any atom is -0.353 e. The summed E-state index contributed by atoms with van der Waals surface area (Å²) in [6, 6.07) is 16.0. The van der Waals surface area contributed by atoms with Crippen molar-refractivity contribution in [2.45, 2.75) is 68.5 Å². The third-order valence-electron chi connectivity index (χ3n) is 8.21. The van der Waals surface area contributed by atoms with Crippen molar-refractivity contribution in [2.75, 3.05) is 19.6 Å². The van der Waals surface area contributed by atoms with Gasteiger partial charge in [0, 0.05) is 30.2 Å². The van der Waals surface area contributed by atoms with Crippen molar-refractivity contribution in [3.63, 3.8) is 0 Å². The second-order valence-electron chi connectivity index (χ2n) is 10.9. The van der Waals surface area contributed by atoms with Gasteiger partial charge in [-0.25, -0.2) is 0 Å². The second-order valence-corrected chi connectivity index (χ2v) is 16.2. The molecule has 3 unspecified atom stereocenters. The molecule has 2 aromatic rings. The van der Waals surface area contributed by atoms with E-state index < -0.39 is 11.5 Å². The zero-order valence-electron chi connectivity index (χ0n) is 23.0. The lowest BCUT2D eigenvalue weighted by atomic mass is 9.73. The molecule has 1 aliphatic heterocycles. The van der Waals surface area contributed by atoms with Crippen LogP contribution < -0.4 is 10.6 Å². The quantitative estimate of drug-likeness (QED) is 0.281. The second kappa shape index (κ2) is 12.8. The van der Waals surface area contributed by atoms with Crippen LogP contribution in [0.4, 0.5) is 0 Å². The van der Waals surface area contributed by atoms with Crippen LogP contribution in [0.2, 0.25) is 0 Å². The van der Waals surface area contributed by atoms with Crippen molar-refractivity contribution in [3.05, 3.63) is 59.7 Å². The fourth-order valence-electron chi connectivity index (χ4n) is 6.07. The molecule has 0 saturated carbocycles. The average molecular weight is 586 g/mol. The SMILES string of the molecule is CCC(CC)C(=O)N[C@H]1CCN(CCCCC2(C(=O)NCC(P)(P)P)c3ccccc3-c3ccccc32)C1=O. The summed E-state index contributed by atoms with van der Waals surface area (Å²) in [6.45, 7) is 5.78. The number of nitrogens with one attached hydrogen (secondary N) is 2. The maximum absolute atomic E-state index is 14.0. The van der Waals surface area contributed by atoms with E-state index in [-0.39, 0.29) is 28.3 Å². The number of amides is 3. The first-order chi connectivity index (χ1) is 18.6. The number of rotatable bonds is 12. The van der Waals surface area contributed by atoms with Gasteiger partial charge in [-0.1, -0.05) is 62.4 Å². The lowest BCUT2D eigenvalue weighted by molar-refractivity contribution is -0.134. The molecule has 1 aliphatic carbocycles. The summed E-state index contributed by atoms with van der Waals surface area (Å²) in [5.74, 6) is -0.0355. The van der Waals surface area contributed by atoms with Gasteiger partial charge < -0.3 is 15.5 Å². The number of nitrogens with zero attached hydrogens (tertiary/aromatic N) is 1. The zero-order valence-corrected chi connectivity index (χ0v) is 26.5. The van der Waals surface area contributed by atoms with Gasteiger partial charge in [-0.3, -0.25) is 14.4 Å². The summed E-state index contributed by atoms with van der Waals surface area (Å²) in [5.41, 5.74) is 3.55. The van der Waals surface area contributed by atoms with E-state index >= 15 is 0 Å². The summed E-state index contributed by atoms with van der Waals surface area (Å²) >= 11 is 0. The molecule has 2 aliphatic rings. The summed E-state index contributed by atoms with van der Waals surface area (Å²) < 4.78 is -0.273. The van der Waals surface area contributed by atoms with Crippen LogP contribution in [0.5, 0.6) is 0 Å². The van der Waals surface area contributed by atoms with E-state index in [1.807, 2.05) is 43.0 Å². The highest BCUT2D eigenvalue weighted by Crippen LogP contribution is 2.51. The molecule has 2 aromatic carbocycles. The molecule has 4 atom stereocenters. The minimum absolute atomic E-state index is 0.0102. The van der Waals surface area contributed by atoms with Crippen LogP contribution in [-0.4, -0.2) is 52.9 Å². The van der Waals surface area contributed by atoms with Gasteiger partial charge in [-0.2, -0.15) is 0 Å². The molecule has 210 valence electrons. The number of benzene rings is 2. The van der Waals surface area contributed by atoms with Crippen LogP contribution in [0.15, 0.2) is 48.5 Å². The molecule has 0 aromatic heterocycles. The first-order valence-electron chi connectivity index (χ1n) is 14.1. The smallest absolute Gasteiger partial charge is 0.245 e. The van der Waals surface area contributed by atoms with Gasteiger partial charge in [0.1, 0.15) is 11.5 Å². The van der Waals surface area contributed by atoms with Crippen LogP contribution in [-0.2, 0) is 19.8 Å². The molecule has 4 rings (SSSR count). The third-order valence-corrected chi connectivity index (χ3v) is 8.82. The van der Waals surface area contributed by atoms with Crippen LogP contribution in [0.3, 0.4) is 0 Å². The van der Waals surface area contributed by atoms with E-state index in [9.17, 15) is 14.4 Å². The van der Waals surface area contributed by atoms with E-state index in [1.54, 1.807) is 0 Å². The molecule has 0 radical (unpaired) electrons. The molecule has 2 N–H and O–H groups in total. The Morgan fingerprint density at radius 1 is 1.00 bits per heavy atom. The molecule has 9 heteroatoms. The van der Waals surface area contributed by atoms with E-state index in [4.69, 9.17) is 0 Å². The third kappa shape index (κ3) is 6.40. The highest BCUT2D eigenvalue weighted by Gasteiger charge is 2.48. The Labute approximate surface area is 239 Å². The van der Waals surface area contributed by atoms with Gasteiger partial charge in [0.05, 0.1) is 0 Å². The van der Waals surface area contributed by atoms with Crippen molar-refractivity contribution in [1.29, 1.82) is 0 Å². The van der Waals surface area contributed by atoms with E-state index in [2.05, 4.69) is 62.6 Å².